The van der Waals surface area contributed by atoms with E-state index >= 15 is 0 Å². The molecule has 0 radical (unpaired) electrons. The van der Waals surface area contributed by atoms with E-state index in [1.54, 1.807) is 12.1 Å². The summed E-state index contributed by atoms with van der Waals surface area (Å²) in [5.41, 5.74) is 0.177. The summed E-state index contributed by atoms with van der Waals surface area (Å²) < 4.78 is 36.9. The molecule has 0 aliphatic carbocycles. The number of aromatic amines is 1. The molecule has 11 heteroatoms. The predicted molar refractivity (Wildman–Crippen MR) is 107 cm³/mol. The zero-order valence-corrected chi connectivity index (χ0v) is 16.8. The molecule has 2 aliphatic rings. The minimum atomic E-state index is -3.80. The lowest BCUT2D eigenvalue weighted by Gasteiger charge is -2.25. The Morgan fingerprint density at radius 1 is 1.19 bits per heavy atom. The summed E-state index contributed by atoms with van der Waals surface area (Å²) >= 11 is 0. The summed E-state index contributed by atoms with van der Waals surface area (Å²) in [7, 11) is 0. The number of pyridine rings is 1. The van der Waals surface area contributed by atoms with Crippen molar-refractivity contribution in [1.82, 2.24) is 15.2 Å². The zero-order chi connectivity index (χ0) is 22.5. The first-order valence-corrected chi connectivity index (χ1v) is 10.1. The average Bonchev–Trinajstić information content (AvgIpc) is 3.06. The topological polar surface area (TPSA) is 105 Å². The van der Waals surface area contributed by atoms with Gasteiger partial charge < -0.3 is 19.7 Å². The number of fused-ring (bicyclic) bond motifs is 3. The molecule has 2 aliphatic heterocycles. The standard InChI is InChI=1S/C21H18F2N4O5/c22-21(23)31-16-10-14-15(11-17(16)32-21)25-18-13(2-1-6-27(18)20(14)30)19(29)24-5-9-26-7-3-12(28)4-8-26/h1-2,6,10-11H,3-5,7-9H2,(H,24,29)/p+1. The summed E-state index contributed by atoms with van der Waals surface area (Å²) in [6.07, 6.45) is -1.28. The van der Waals surface area contributed by atoms with Crippen LogP contribution in [0.3, 0.4) is 0 Å². The van der Waals surface area contributed by atoms with Crippen LogP contribution in [0.4, 0.5) is 8.78 Å². The Morgan fingerprint density at radius 2 is 1.91 bits per heavy atom. The van der Waals surface area contributed by atoms with E-state index in [1.807, 2.05) is 0 Å². The number of H-pyrrole nitrogens is 1. The van der Waals surface area contributed by atoms with Crippen LogP contribution in [0.5, 0.6) is 11.5 Å². The third kappa shape index (κ3) is 3.64. The Kier molecular flexibility index (Phi) is 4.77. The molecule has 4 heterocycles. The molecule has 32 heavy (non-hydrogen) atoms. The summed E-state index contributed by atoms with van der Waals surface area (Å²) in [4.78, 5) is 42.2. The van der Waals surface area contributed by atoms with Gasteiger partial charge in [-0.2, -0.15) is 4.40 Å². The van der Waals surface area contributed by atoms with Crippen LogP contribution in [-0.4, -0.2) is 54.0 Å². The fourth-order valence-corrected chi connectivity index (χ4v) is 3.97. The van der Waals surface area contributed by atoms with E-state index in [4.69, 9.17) is 0 Å². The molecule has 0 spiro atoms. The predicted octanol–water partition coefficient (Wildman–Crippen LogP) is 0.983. The molecular weight excluding hydrogens is 426 g/mol. The second-order valence-electron chi connectivity index (χ2n) is 7.72. The second-order valence-corrected chi connectivity index (χ2v) is 7.72. The van der Waals surface area contributed by atoms with Crippen LogP contribution in [0.2, 0.25) is 0 Å². The lowest BCUT2D eigenvalue weighted by atomic mass is 10.1. The normalized spacial score (nSPS) is 17.8. The van der Waals surface area contributed by atoms with Crippen LogP contribution < -0.4 is 24.8 Å². The fraction of sp³-hybridized carbons (Fsp3) is 0.333. The number of amides is 1. The highest BCUT2D eigenvalue weighted by molar-refractivity contribution is 5.99. The molecule has 3 aromatic rings. The van der Waals surface area contributed by atoms with Gasteiger partial charge in [-0.15, -0.1) is 8.78 Å². The third-order valence-corrected chi connectivity index (χ3v) is 5.61. The van der Waals surface area contributed by atoms with E-state index < -0.39 is 17.8 Å². The van der Waals surface area contributed by atoms with Gasteiger partial charge in [0.2, 0.25) is 0 Å². The van der Waals surface area contributed by atoms with Crippen LogP contribution in [0.1, 0.15) is 23.2 Å². The second kappa shape index (κ2) is 7.52. The number of nitrogens with zero attached hydrogens (tertiary/aromatic N) is 2. The lowest BCUT2D eigenvalue weighted by Crippen LogP contribution is -2.43. The molecule has 1 saturated heterocycles. The van der Waals surface area contributed by atoms with Crippen molar-refractivity contribution in [3.05, 3.63) is 46.4 Å². The quantitative estimate of drug-likeness (QED) is 0.458. The van der Waals surface area contributed by atoms with E-state index in [9.17, 15) is 23.2 Å². The van der Waals surface area contributed by atoms with E-state index in [2.05, 4.69) is 24.7 Å². The monoisotopic (exact) mass is 445 g/mol. The van der Waals surface area contributed by atoms with E-state index in [1.165, 1.54) is 22.7 Å². The van der Waals surface area contributed by atoms with E-state index in [0.717, 1.165) is 0 Å². The van der Waals surface area contributed by atoms with Crippen molar-refractivity contribution in [2.75, 3.05) is 26.2 Å². The number of carbonyl (C=O) groups excluding carboxylic acids is 2. The number of aromatic nitrogens is 2. The number of benzene rings is 1. The molecule has 9 nitrogen and oxygen atoms in total. The molecular formula is C21H19F2N4O5+. The van der Waals surface area contributed by atoms with Crippen LogP contribution in [0.15, 0.2) is 35.3 Å². The Bertz CT molecular complexity index is 1310. The molecule has 2 aromatic heterocycles. The van der Waals surface area contributed by atoms with Gasteiger partial charge in [-0.1, -0.05) is 0 Å². The van der Waals surface area contributed by atoms with Crippen molar-refractivity contribution in [3.63, 3.8) is 0 Å². The van der Waals surface area contributed by atoms with Crippen molar-refractivity contribution < 1.29 is 32.2 Å². The average molecular weight is 445 g/mol. The maximum Gasteiger partial charge on any atom is 0.586 e. The third-order valence-electron chi connectivity index (χ3n) is 5.61. The highest BCUT2D eigenvalue weighted by Crippen LogP contribution is 2.42. The number of nitrogens with one attached hydrogen (secondary N) is 2. The number of hydrogen-bond donors (Lipinski definition) is 2. The summed E-state index contributed by atoms with van der Waals surface area (Å²) in [6, 6.07) is 5.56. The molecule has 1 fully saturated rings. The van der Waals surface area contributed by atoms with Gasteiger partial charge >= 0.3 is 11.9 Å². The number of ether oxygens (including phenoxy) is 2. The molecule has 0 saturated carbocycles. The SMILES string of the molecule is O=C1CCN(CCNC(=O)c2ccc[n+]3c(=O)c4cc5c(cc4[nH]c23)OC(F)(F)O5)CC1. The van der Waals surface area contributed by atoms with Gasteiger partial charge in [0.15, 0.2) is 11.5 Å². The first-order valence-electron chi connectivity index (χ1n) is 10.1. The summed E-state index contributed by atoms with van der Waals surface area (Å²) in [6.45, 7) is 2.33. The van der Waals surface area contributed by atoms with Crippen LogP contribution in [0.25, 0.3) is 16.6 Å². The van der Waals surface area contributed by atoms with E-state index in [0.29, 0.717) is 39.0 Å². The molecule has 0 unspecified atom stereocenters. The van der Waals surface area contributed by atoms with Gasteiger partial charge in [0.05, 0.1) is 6.20 Å². The van der Waals surface area contributed by atoms with Crippen molar-refractivity contribution >= 4 is 28.2 Å². The smallest absolute Gasteiger partial charge is 0.395 e. The Morgan fingerprint density at radius 3 is 2.66 bits per heavy atom. The summed E-state index contributed by atoms with van der Waals surface area (Å²) in [5.74, 6) is -0.579. The Hall–Kier alpha value is -3.60. The van der Waals surface area contributed by atoms with Crippen molar-refractivity contribution in [1.29, 1.82) is 0 Å². The minimum Gasteiger partial charge on any atom is -0.395 e. The van der Waals surface area contributed by atoms with Gasteiger partial charge in [0, 0.05) is 51.2 Å². The minimum absolute atomic E-state index is 0.111. The Balaban J connectivity index is 1.43. The molecule has 2 N–H and O–H groups in total. The number of ketones is 1. The largest absolute Gasteiger partial charge is 0.586 e. The maximum atomic E-state index is 13.4. The number of likely N-dealkylation sites (tertiary alicyclic amines) is 1. The number of halogens is 2. The number of carbonyl (C=O) groups is 2. The first kappa shape index (κ1) is 20.3. The molecule has 0 bridgehead atoms. The number of rotatable bonds is 4. The highest BCUT2D eigenvalue weighted by atomic mass is 19.3. The van der Waals surface area contributed by atoms with Crippen LogP contribution in [-0.2, 0) is 4.79 Å². The lowest BCUT2D eigenvalue weighted by molar-refractivity contribution is -0.529. The zero-order valence-electron chi connectivity index (χ0n) is 16.8. The number of hydrogen-bond acceptors (Lipinski definition) is 6. The van der Waals surface area contributed by atoms with Crippen molar-refractivity contribution in [2.45, 2.75) is 19.1 Å². The molecule has 5 rings (SSSR count). The van der Waals surface area contributed by atoms with Crippen LogP contribution in [0, 0.1) is 0 Å². The van der Waals surface area contributed by atoms with E-state index in [-0.39, 0.29) is 39.4 Å². The van der Waals surface area contributed by atoms with Gasteiger partial charge in [0.25, 0.3) is 11.6 Å². The molecule has 1 amide bonds. The number of Topliss-reactive ketones (excluding diaryl/α,β-unsaturated/α-hetero) is 1. The van der Waals surface area contributed by atoms with Crippen molar-refractivity contribution in [2.24, 2.45) is 0 Å². The van der Waals surface area contributed by atoms with Crippen molar-refractivity contribution in [3.8, 4) is 11.5 Å². The Labute approximate surface area is 179 Å². The fourth-order valence-electron chi connectivity index (χ4n) is 3.97. The first-order chi connectivity index (χ1) is 15.3. The highest BCUT2D eigenvalue weighted by Gasteiger charge is 2.44. The van der Waals surface area contributed by atoms with Gasteiger partial charge in [-0.3, -0.25) is 9.59 Å². The summed E-state index contributed by atoms with van der Waals surface area (Å²) in [5, 5.41) is 2.94. The maximum absolute atomic E-state index is 13.4. The van der Waals surface area contributed by atoms with Gasteiger partial charge in [-0.25, -0.2) is 9.78 Å². The van der Waals surface area contributed by atoms with Gasteiger partial charge in [-0.05, 0) is 12.1 Å². The number of alkyl halides is 2. The van der Waals surface area contributed by atoms with Crippen LogP contribution >= 0.6 is 0 Å². The molecule has 0 atom stereocenters. The van der Waals surface area contributed by atoms with Gasteiger partial charge in [0.1, 0.15) is 22.2 Å². The molecule has 1 aromatic carbocycles. The molecule has 166 valence electrons. The number of piperidine rings is 1.